The minimum Gasteiger partial charge on any atom is -0.243 e. The first kappa shape index (κ1) is 8.98. The summed E-state index contributed by atoms with van der Waals surface area (Å²) < 4.78 is 1.61. The molecule has 2 rings (SSSR count). The van der Waals surface area contributed by atoms with E-state index in [2.05, 4.69) is 23.3 Å². The van der Waals surface area contributed by atoms with Crippen molar-refractivity contribution in [1.29, 1.82) is 0 Å². The van der Waals surface area contributed by atoms with E-state index in [4.69, 9.17) is 0 Å². The van der Waals surface area contributed by atoms with Crippen molar-refractivity contribution in [2.75, 3.05) is 6.26 Å². The Hall–Kier alpha value is -0.590. The van der Waals surface area contributed by atoms with Gasteiger partial charge in [-0.05, 0) is 32.1 Å². The first-order chi connectivity index (χ1) is 6.20. The maximum atomic E-state index is 4.38. The molecule has 2 aliphatic rings. The molecule has 0 saturated heterocycles. The van der Waals surface area contributed by atoms with Gasteiger partial charge in [-0.1, -0.05) is 0 Å². The number of thioether (sulfide) groups is 1. The summed E-state index contributed by atoms with van der Waals surface area (Å²) in [5.74, 6) is 0.926. The van der Waals surface area contributed by atoms with E-state index < -0.39 is 0 Å². The molecule has 4 nitrogen and oxygen atoms in total. The Bertz CT molecular complexity index is 320. The van der Waals surface area contributed by atoms with Crippen LogP contribution in [0.25, 0.3) is 0 Å². The van der Waals surface area contributed by atoms with Crippen LogP contribution in [0.4, 0.5) is 0 Å². The molecule has 0 aromatic rings. The topological polar surface area (TPSA) is 30.9 Å². The number of hydrogen-bond acceptors (Lipinski definition) is 6. The number of aliphatic imine (C=N–C) groups is 1. The van der Waals surface area contributed by atoms with Crippen LogP contribution in [-0.2, 0) is 0 Å². The van der Waals surface area contributed by atoms with E-state index in [0.717, 1.165) is 16.6 Å². The number of fused-ring (bicyclic) bond motifs is 1. The quantitative estimate of drug-likeness (QED) is 0.645. The van der Waals surface area contributed by atoms with Crippen LogP contribution in [0, 0.1) is 0 Å². The van der Waals surface area contributed by atoms with E-state index in [1.54, 1.807) is 16.2 Å². The van der Waals surface area contributed by atoms with Crippen LogP contribution in [0.1, 0.15) is 6.92 Å². The summed E-state index contributed by atoms with van der Waals surface area (Å²) >= 11 is 5.79. The summed E-state index contributed by atoms with van der Waals surface area (Å²) in [5.41, 5.74) is 4.07. The number of amidine groups is 1. The highest BCUT2D eigenvalue weighted by Gasteiger charge is 2.23. The van der Waals surface area contributed by atoms with E-state index in [1.165, 1.54) is 0 Å². The van der Waals surface area contributed by atoms with Crippen LogP contribution in [0.5, 0.6) is 0 Å². The normalized spacial score (nSPS) is 21.0. The lowest BCUT2D eigenvalue weighted by Crippen LogP contribution is -2.40. The van der Waals surface area contributed by atoms with Crippen LogP contribution in [0.3, 0.4) is 0 Å². The number of nitrogens with zero attached hydrogens (tertiary/aromatic N) is 3. The molecule has 1 N–H and O–H groups in total. The average molecular weight is 214 g/mol. The van der Waals surface area contributed by atoms with Crippen molar-refractivity contribution in [3.63, 3.8) is 0 Å². The first-order valence-corrected chi connectivity index (χ1v) is 5.40. The Morgan fingerprint density at radius 2 is 2.38 bits per heavy atom. The fourth-order valence-electron chi connectivity index (χ4n) is 1.21. The summed E-state index contributed by atoms with van der Waals surface area (Å²) in [6, 6.07) is 0. The molecule has 0 aromatic heterocycles. The molecule has 0 saturated carbocycles. The fourth-order valence-corrected chi connectivity index (χ4v) is 1.88. The molecule has 0 bridgehead atoms. The van der Waals surface area contributed by atoms with Gasteiger partial charge < -0.3 is 0 Å². The molecule has 0 unspecified atom stereocenters. The molecule has 70 valence electrons. The molecule has 0 amide bonds. The lowest BCUT2D eigenvalue weighted by Gasteiger charge is -2.23. The second kappa shape index (κ2) is 3.28. The maximum Gasteiger partial charge on any atom is 0.123 e. The monoisotopic (exact) mass is 214 g/mol. The van der Waals surface area contributed by atoms with E-state index >= 15 is 0 Å². The molecule has 2 heterocycles. The first-order valence-electron chi connectivity index (χ1n) is 3.78. The Labute approximate surface area is 86.9 Å². The number of nitrogens with one attached hydrogen (secondary N) is 1. The molecule has 6 heteroatoms. The molecule has 0 radical (unpaired) electrons. The number of hydrazine groups is 2. The minimum atomic E-state index is 0.926. The van der Waals surface area contributed by atoms with Crippen molar-refractivity contribution in [1.82, 2.24) is 15.0 Å². The average Bonchev–Trinajstić information content (AvgIpc) is 2.46. The fraction of sp³-hybridized carbons (Fsp3) is 0.286. The Balaban J connectivity index is 2.33. The molecule has 0 aliphatic carbocycles. The lowest BCUT2D eigenvalue weighted by molar-refractivity contribution is 0.301. The van der Waals surface area contributed by atoms with Crippen LogP contribution >= 0.6 is 24.6 Å². The summed E-state index contributed by atoms with van der Waals surface area (Å²) in [6.45, 7) is 1.96. The second-order valence-electron chi connectivity index (χ2n) is 2.68. The van der Waals surface area contributed by atoms with Crippen molar-refractivity contribution in [3.05, 3.63) is 23.0 Å². The zero-order chi connectivity index (χ0) is 9.42. The van der Waals surface area contributed by atoms with Gasteiger partial charge in [0.2, 0.25) is 0 Å². The third kappa shape index (κ3) is 1.56. The van der Waals surface area contributed by atoms with E-state index in [0.29, 0.717) is 0 Å². The zero-order valence-electron chi connectivity index (χ0n) is 7.35. The van der Waals surface area contributed by atoms with Gasteiger partial charge in [-0.3, -0.25) is 0 Å². The maximum absolute atomic E-state index is 4.38. The Morgan fingerprint density at radius 1 is 1.62 bits per heavy atom. The van der Waals surface area contributed by atoms with Gasteiger partial charge >= 0.3 is 0 Å². The van der Waals surface area contributed by atoms with Crippen molar-refractivity contribution in [3.8, 4) is 0 Å². The van der Waals surface area contributed by atoms with E-state index in [9.17, 15) is 0 Å². The summed E-state index contributed by atoms with van der Waals surface area (Å²) in [6.07, 6.45) is 5.93. The molecule has 2 aliphatic heterocycles. The number of rotatable bonds is 1. The van der Waals surface area contributed by atoms with Gasteiger partial charge in [-0.25, -0.2) is 14.4 Å². The van der Waals surface area contributed by atoms with Gasteiger partial charge in [0.25, 0.3) is 0 Å². The third-order valence-electron chi connectivity index (χ3n) is 1.79. The highest BCUT2D eigenvalue weighted by Crippen LogP contribution is 2.26. The highest BCUT2D eigenvalue weighted by atomic mass is 32.2. The van der Waals surface area contributed by atoms with Gasteiger partial charge in [-0.15, -0.1) is 17.3 Å². The highest BCUT2D eigenvalue weighted by molar-refractivity contribution is 8.02. The molecule has 0 atom stereocenters. The molecule has 0 fully saturated rings. The van der Waals surface area contributed by atoms with Crippen molar-refractivity contribution >= 4 is 30.4 Å². The van der Waals surface area contributed by atoms with Crippen LogP contribution < -0.4 is 5.53 Å². The van der Waals surface area contributed by atoms with Gasteiger partial charge in [0, 0.05) is 0 Å². The molecular formula is C7H10N4S2. The van der Waals surface area contributed by atoms with E-state index in [-0.39, 0.29) is 0 Å². The number of thiol groups is 1. The number of allylic oxidation sites excluding steroid dienone is 1. The van der Waals surface area contributed by atoms with Crippen molar-refractivity contribution in [2.24, 2.45) is 4.99 Å². The van der Waals surface area contributed by atoms with Gasteiger partial charge in [0.1, 0.15) is 10.9 Å². The van der Waals surface area contributed by atoms with Crippen molar-refractivity contribution < 1.29 is 0 Å². The Kier molecular flexibility index (Phi) is 2.27. The smallest absolute Gasteiger partial charge is 0.123 e. The second-order valence-corrected chi connectivity index (χ2v) is 3.94. The standard InChI is InChI=1S/C7H10N4S2/c1-5-8-7(13-2)3-6-4-10(12)9-11(5)6/h3-4,9,12H,1-2H3. The molecule has 0 aromatic carbocycles. The Morgan fingerprint density at radius 3 is 3.08 bits per heavy atom. The largest absolute Gasteiger partial charge is 0.243 e. The third-order valence-corrected chi connectivity index (χ3v) is 2.62. The van der Waals surface area contributed by atoms with Crippen LogP contribution in [-0.4, -0.2) is 21.5 Å². The summed E-state index contributed by atoms with van der Waals surface area (Å²) in [7, 11) is 0. The summed E-state index contributed by atoms with van der Waals surface area (Å²) in [4.78, 5) is 4.38. The SMILES string of the molecule is CSC1=CC2=CN(S)NN2C(C)=N1. The van der Waals surface area contributed by atoms with Crippen LogP contribution in [0.15, 0.2) is 28.0 Å². The van der Waals surface area contributed by atoms with Gasteiger partial charge in [-0.2, -0.15) is 0 Å². The van der Waals surface area contributed by atoms with Crippen LogP contribution in [0.2, 0.25) is 0 Å². The van der Waals surface area contributed by atoms with E-state index in [1.807, 2.05) is 30.5 Å². The zero-order valence-corrected chi connectivity index (χ0v) is 9.06. The molecule has 0 spiro atoms. The predicted molar refractivity (Wildman–Crippen MR) is 58.6 cm³/mol. The molecule has 13 heavy (non-hydrogen) atoms. The van der Waals surface area contributed by atoms with Crippen molar-refractivity contribution in [2.45, 2.75) is 6.92 Å². The predicted octanol–water partition coefficient (Wildman–Crippen LogP) is 1.35. The number of hydrogen-bond donors (Lipinski definition) is 2. The lowest BCUT2D eigenvalue weighted by atomic mass is 10.4. The molecular weight excluding hydrogens is 204 g/mol. The van der Waals surface area contributed by atoms with Gasteiger partial charge in [0.15, 0.2) is 0 Å². The minimum absolute atomic E-state index is 0.926. The summed E-state index contributed by atoms with van der Waals surface area (Å²) in [5, 5.41) is 2.90. The van der Waals surface area contributed by atoms with Gasteiger partial charge in [0.05, 0.1) is 11.9 Å².